The number of carbonyl (C=O) groups is 2. The standard InChI is InChI=1S/C36H34Cl2N4O6S/c1-3-4-19-42-22-34(31-18-9-26(37)21-32(31)38)40-35(42)33(41-49(46,47)30-16-10-27(11-17-30)39-23(2)43)20-24-5-12-28(13-6-24)48-29-14-7-25(8-15-29)36(44)45/h5-18,21-22,33,41H,3-4,19-20H2,1-2H3,(H,39,43)(H,44,45)/t33-/m0/s1. The van der Waals surface area contributed by atoms with Crippen LogP contribution in [-0.4, -0.2) is 35.0 Å². The Balaban J connectivity index is 1.49. The number of carboxylic acid groups (broad SMARTS) is 1. The Morgan fingerprint density at radius 3 is 2.18 bits per heavy atom. The van der Waals surface area contributed by atoms with Crippen molar-refractivity contribution in [3.63, 3.8) is 0 Å². The minimum atomic E-state index is -4.06. The first-order chi connectivity index (χ1) is 23.4. The molecular formula is C36H34Cl2N4O6S. The molecule has 49 heavy (non-hydrogen) atoms. The van der Waals surface area contributed by atoms with Crippen molar-refractivity contribution in [2.45, 2.75) is 50.6 Å². The van der Waals surface area contributed by atoms with Gasteiger partial charge >= 0.3 is 5.97 Å². The SMILES string of the molecule is CCCCn1cc(-c2ccc(Cl)cc2Cl)nc1[C@H](Cc1ccc(Oc2ccc(C(=O)O)cc2)cc1)NS(=O)(=O)c1ccc(NC(C)=O)cc1. The van der Waals surface area contributed by atoms with Crippen molar-refractivity contribution in [1.82, 2.24) is 14.3 Å². The summed E-state index contributed by atoms with van der Waals surface area (Å²) in [5.41, 5.74) is 2.67. The van der Waals surface area contributed by atoms with Crippen LogP contribution in [0.3, 0.4) is 0 Å². The highest BCUT2D eigenvalue weighted by Gasteiger charge is 2.27. The topological polar surface area (TPSA) is 140 Å². The summed E-state index contributed by atoms with van der Waals surface area (Å²) in [7, 11) is -4.06. The van der Waals surface area contributed by atoms with Crippen LogP contribution in [0.2, 0.25) is 10.0 Å². The van der Waals surface area contributed by atoms with E-state index in [4.69, 9.17) is 38.0 Å². The number of aromatic nitrogens is 2. The van der Waals surface area contributed by atoms with E-state index >= 15 is 0 Å². The summed E-state index contributed by atoms with van der Waals surface area (Å²) in [5.74, 6) is 0.206. The molecule has 1 amide bonds. The second-order valence-corrected chi connectivity index (χ2v) is 13.9. The number of imidazole rings is 1. The maximum Gasteiger partial charge on any atom is 0.335 e. The Labute approximate surface area is 294 Å². The Bertz CT molecular complexity index is 2050. The van der Waals surface area contributed by atoms with E-state index < -0.39 is 22.0 Å². The van der Waals surface area contributed by atoms with E-state index in [9.17, 15) is 18.0 Å². The molecule has 13 heteroatoms. The van der Waals surface area contributed by atoms with E-state index in [-0.39, 0.29) is 22.8 Å². The molecule has 0 radical (unpaired) electrons. The van der Waals surface area contributed by atoms with E-state index in [0.29, 0.717) is 50.9 Å². The predicted molar refractivity (Wildman–Crippen MR) is 190 cm³/mol. The minimum absolute atomic E-state index is 0.0249. The van der Waals surface area contributed by atoms with Crippen molar-refractivity contribution >= 4 is 50.8 Å². The fourth-order valence-electron chi connectivity index (χ4n) is 5.14. The van der Waals surface area contributed by atoms with Crippen molar-refractivity contribution in [3.05, 3.63) is 124 Å². The van der Waals surface area contributed by atoms with E-state index in [1.807, 2.05) is 22.9 Å². The number of unbranched alkanes of at least 4 members (excludes halogenated alkanes) is 1. The molecule has 0 bridgehead atoms. The summed E-state index contributed by atoms with van der Waals surface area (Å²) in [6.45, 7) is 4.05. The van der Waals surface area contributed by atoms with Gasteiger partial charge in [0.15, 0.2) is 0 Å². The smallest absolute Gasteiger partial charge is 0.335 e. The molecule has 10 nitrogen and oxygen atoms in total. The number of halogens is 2. The summed E-state index contributed by atoms with van der Waals surface area (Å²) in [4.78, 5) is 27.6. The van der Waals surface area contributed by atoms with Gasteiger partial charge in [0.05, 0.1) is 27.2 Å². The van der Waals surface area contributed by atoms with Gasteiger partial charge in [0.25, 0.3) is 0 Å². The van der Waals surface area contributed by atoms with E-state index in [1.165, 1.54) is 43.3 Å². The van der Waals surface area contributed by atoms with Gasteiger partial charge in [0.1, 0.15) is 17.3 Å². The van der Waals surface area contributed by atoms with Crippen molar-refractivity contribution in [3.8, 4) is 22.8 Å². The number of nitrogens with one attached hydrogen (secondary N) is 2. The van der Waals surface area contributed by atoms with Gasteiger partial charge in [-0.3, -0.25) is 4.79 Å². The van der Waals surface area contributed by atoms with Crippen molar-refractivity contribution in [2.75, 3.05) is 5.32 Å². The van der Waals surface area contributed by atoms with Gasteiger partial charge in [0, 0.05) is 35.9 Å². The van der Waals surface area contributed by atoms with Crippen molar-refractivity contribution in [1.29, 1.82) is 0 Å². The van der Waals surface area contributed by atoms with Crippen LogP contribution in [0, 0.1) is 0 Å². The van der Waals surface area contributed by atoms with Gasteiger partial charge in [-0.1, -0.05) is 48.7 Å². The van der Waals surface area contributed by atoms with E-state index in [1.54, 1.807) is 42.5 Å². The number of aromatic carboxylic acids is 1. The van der Waals surface area contributed by atoms with Gasteiger partial charge in [-0.05, 0) is 97.3 Å². The Kier molecular flexibility index (Phi) is 11.4. The Hall–Kier alpha value is -4.68. The summed E-state index contributed by atoms with van der Waals surface area (Å²) in [5, 5.41) is 12.7. The molecule has 0 aliphatic rings. The zero-order valence-electron chi connectivity index (χ0n) is 26.7. The highest BCUT2D eigenvalue weighted by Crippen LogP contribution is 2.33. The van der Waals surface area contributed by atoms with Crippen molar-refractivity contribution in [2.24, 2.45) is 0 Å². The van der Waals surface area contributed by atoms with Crippen LogP contribution in [0.4, 0.5) is 5.69 Å². The molecule has 0 aliphatic heterocycles. The molecule has 1 atom stereocenters. The largest absolute Gasteiger partial charge is 0.478 e. The Morgan fingerprint density at radius 2 is 1.59 bits per heavy atom. The second-order valence-electron chi connectivity index (χ2n) is 11.3. The van der Waals surface area contributed by atoms with Gasteiger partial charge in [-0.15, -0.1) is 0 Å². The van der Waals surface area contributed by atoms with Crippen LogP contribution < -0.4 is 14.8 Å². The third-order valence-corrected chi connectivity index (χ3v) is 9.60. The number of amides is 1. The molecule has 3 N–H and O–H groups in total. The lowest BCUT2D eigenvalue weighted by molar-refractivity contribution is -0.114. The predicted octanol–water partition coefficient (Wildman–Crippen LogP) is 8.37. The first-order valence-electron chi connectivity index (χ1n) is 15.4. The molecule has 1 aromatic heterocycles. The lowest BCUT2D eigenvalue weighted by Crippen LogP contribution is -2.32. The van der Waals surface area contributed by atoms with Gasteiger partial charge < -0.3 is 19.7 Å². The molecule has 0 spiro atoms. The number of carbonyl (C=O) groups excluding carboxylic acids is 1. The normalized spacial score (nSPS) is 12.0. The van der Waals surface area contributed by atoms with E-state index in [0.717, 1.165) is 18.4 Å². The van der Waals surface area contributed by atoms with Crippen LogP contribution in [-0.2, 0) is 27.8 Å². The van der Waals surface area contributed by atoms with Gasteiger partial charge in [0.2, 0.25) is 15.9 Å². The highest BCUT2D eigenvalue weighted by atomic mass is 35.5. The number of sulfonamides is 1. The van der Waals surface area contributed by atoms with Gasteiger partial charge in [-0.25, -0.2) is 22.9 Å². The summed E-state index contributed by atoms with van der Waals surface area (Å²) >= 11 is 12.7. The monoisotopic (exact) mass is 720 g/mol. The Morgan fingerprint density at radius 1 is 0.939 bits per heavy atom. The zero-order valence-corrected chi connectivity index (χ0v) is 29.0. The molecule has 254 valence electrons. The van der Waals surface area contributed by atoms with Crippen LogP contribution in [0.25, 0.3) is 11.3 Å². The lowest BCUT2D eigenvalue weighted by Gasteiger charge is -2.20. The second kappa shape index (κ2) is 15.7. The number of benzene rings is 4. The number of anilines is 1. The first kappa shape index (κ1) is 35.6. The molecular weight excluding hydrogens is 687 g/mol. The molecule has 4 aromatic carbocycles. The fourth-order valence-corrected chi connectivity index (χ4v) is 6.83. The molecule has 5 aromatic rings. The van der Waals surface area contributed by atoms with Crippen molar-refractivity contribution < 1.29 is 27.9 Å². The molecule has 0 fully saturated rings. The van der Waals surface area contributed by atoms with Crippen LogP contribution >= 0.6 is 23.2 Å². The molecule has 1 heterocycles. The summed E-state index contributed by atoms with van der Waals surface area (Å²) in [6.07, 6.45) is 3.86. The minimum Gasteiger partial charge on any atom is -0.478 e. The maximum atomic E-state index is 13.8. The third kappa shape index (κ3) is 9.27. The maximum absolute atomic E-state index is 13.8. The van der Waals surface area contributed by atoms with Gasteiger partial charge in [-0.2, -0.15) is 0 Å². The summed E-state index contributed by atoms with van der Waals surface area (Å²) < 4.78 is 38.4. The molecule has 0 saturated carbocycles. The number of ether oxygens (including phenoxy) is 1. The first-order valence-corrected chi connectivity index (χ1v) is 17.7. The van der Waals surface area contributed by atoms with Crippen LogP contribution in [0.1, 0.15) is 54.5 Å². The highest BCUT2D eigenvalue weighted by molar-refractivity contribution is 7.89. The average Bonchev–Trinajstić information content (AvgIpc) is 3.48. The zero-order chi connectivity index (χ0) is 35.1. The average molecular weight is 722 g/mol. The number of hydrogen-bond acceptors (Lipinski definition) is 6. The van der Waals surface area contributed by atoms with E-state index in [2.05, 4.69) is 17.0 Å². The molecule has 5 rings (SSSR count). The number of aryl methyl sites for hydroxylation is 1. The molecule has 0 aliphatic carbocycles. The molecule has 0 saturated heterocycles. The lowest BCUT2D eigenvalue weighted by atomic mass is 10.1. The number of nitrogens with zero attached hydrogens (tertiary/aromatic N) is 2. The molecule has 0 unspecified atom stereocenters. The van der Waals surface area contributed by atoms with Crippen LogP contribution in [0.5, 0.6) is 11.5 Å². The van der Waals surface area contributed by atoms with Crippen LogP contribution in [0.15, 0.2) is 102 Å². The number of rotatable bonds is 14. The fraction of sp³-hybridized carbons (Fsp3) is 0.194. The quantitative estimate of drug-likeness (QED) is 0.105. The third-order valence-electron chi connectivity index (χ3n) is 7.56. The number of carboxylic acids is 1. The summed E-state index contributed by atoms with van der Waals surface area (Å²) in [6, 6.07) is 23.5. The number of hydrogen-bond donors (Lipinski definition) is 3.